The predicted molar refractivity (Wildman–Crippen MR) is 68.5 cm³/mol. The van der Waals surface area contributed by atoms with Crippen LogP contribution in [0.4, 0.5) is 0 Å². The molecule has 2 heterocycles. The summed E-state index contributed by atoms with van der Waals surface area (Å²) in [5, 5.41) is 0. The van der Waals surface area contributed by atoms with Crippen LogP contribution in [0, 0.1) is 0 Å². The average molecular weight is 250 g/mol. The molecule has 98 valence electrons. The number of piperazine rings is 1. The number of aromatic nitrogens is 1. The topological polar surface area (TPSA) is 82.4 Å². The minimum absolute atomic E-state index is 0.0290. The maximum atomic E-state index is 12.1. The lowest BCUT2D eigenvalue weighted by Gasteiger charge is -2.34. The van der Waals surface area contributed by atoms with E-state index in [0.717, 1.165) is 19.6 Å². The van der Waals surface area contributed by atoms with Crippen LogP contribution < -0.4 is 11.3 Å². The predicted octanol–water partition coefficient (Wildman–Crippen LogP) is -0.909. The van der Waals surface area contributed by atoms with E-state index in [1.807, 2.05) is 0 Å². The molecule has 6 nitrogen and oxygen atoms in total. The van der Waals surface area contributed by atoms with E-state index in [1.54, 1.807) is 11.0 Å². The first kappa shape index (κ1) is 12.8. The van der Waals surface area contributed by atoms with Crippen molar-refractivity contribution in [2.75, 3.05) is 39.3 Å². The number of rotatable bonds is 3. The molecule has 18 heavy (non-hydrogen) atoms. The summed E-state index contributed by atoms with van der Waals surface area (Å²) in [7, 11) is 0. The number of carbonyl (C=O) groups excluding carboxylic acids is 1. The molecule has 2 rings (SSSR count). The first-order valence-corrected chi connectivity index (χ1v) is 6.11. The number of carbonyl (C=O) groups is 1. The van der Waals surface area contributed by atoms with Crippen molar-refractivity contribution in [1.82, 2.24) is 14.8 Å². The monoisotopic (exact) mass is 250 g/mol. The number of H-pyrrole nitrogens is 1. The van der Waals surface area contributed by atoms with Gasteiger partial charge in [0.15, 0.2) is 0 Å². The summed E-state index contributed by atoms with van der Waals surface area (Å²) in [6.07, 6.45) is 1.47. The molecule has 1 aromatic heterocycles. The van der Waals surface area contributed by atoms with Crippen LogP contribution in [-0.2, 0) is 0 Å². The summed E-state index contributed by atoms with van der Waals surface area (Å²) < 4.78 is 0. The molecular weight excluding hydrogens is 232 g/mol. The van der Waals surface area contributed by atoms with Crippen molar-refractivity contribution >= 4 is 5.91 Å². The largest absolute Gasteiger partial charge is 0.336 e. The lowest BCUT2D eigenvalue weighted by atomic mass is 10.2. The molecule has 1 saturated heterocycles. The average Bonchev–Trinajstić information content (AvgIpc) is 2.40. The molecule has 1 amide bonds. The zero-order chi connectivity index (χ0) is 13.0. The van der Waals surface area contributed by atoms with Gasteiger partial charge in [0.1, 0.15) is 0 Å². The molecule has 0 aromatic carbocycles. The third kappa shape index (κ3) is 2.96. The van der Waals surface area contributed by atoms with Gasteiger partial charge in [0, 0.05) is 51.5 Å². The minimum atomic E-state index is -0.195. The maximum Gasteiger partial charge on any atom is 0.255 e. The summed E-state index contributed by atoms with van der Waals surface area (Å²) >= 11 is 0. The van der Waals surface area contributed by atoms with Gasteiger partial charge in [-0.2, -0.15) is 0 Å². The van der Waals surface area contributed by atoms with Crippen LogP contribution in [0.2, 0.25) is 0 Å². The highest BCUT2D eigenvalue weighted by atomic mass is 16.2. The van der Waals surface area contributed by atoms with E-state index in [2.05, 4.69) is 9.88 Å². The molecule has 0 spiro atoms. The van der Waals surface area contributed by atoms with Gasteiger partial charge in [-0.1, -0.05) is 0 Å². The van der Waals surface area contributed by atoms with Crippen molar-refractivity contribution in [3.05, 3.63) is 34.2 Å². The highest BCUT2D eigenvalue weighted by Gasteiger charge is 2.21. The van der Waals surface area contributed by atoms with Crippen LogP contribution in [0.25, 0.3) is 0 Å². The second-order valence-corrected chi connectivity index (χ2v) is 4.36. The zero-order valence-electron chi connectivity index (χ0n) is 10.3. The Kier molecular flexibility index (Phi) is 4.11. The fourth-order valence-electron chi connectivity index (χ4n) is 2.08. The summed E-state index contributed by atoms with van der Waals surface area (Å²) in [4.78, 5) is 29.6. The number of aromatic amines is 1. The van der Waals surface area contributed by atoms with Crippen LogP contribution in [-0.4, -0.2) is 60.0 Å². The summed E-state index contributed by atoms with van der Waals surface area (Å²) in [5.41, 5.74) is 5.84. The standard InChI is InChI=1S/C12H18N4O2/c13-3-4-15-5-7-16(8-6-15)12(18)10-1-2-11(17)14-9-10/h1-2,9H,3-8,13H2,(H,14,17). The van der Waals surface area contributed by atoms with E-state index < -0.39 is 0 Å². The first-order chi connectivity index (χ1) is 8.70. The lowest BCUT2D eigenvalue weighted by molar-refractivity contribution is 0.0640. The van der Waals surface area contributed by atoms with E-state index >= 15 is 0 Å². The van der Waals surface area contributed by atoms with Gasteiger partial charge in [-0.25, -0.2) is 0 Å². The molecule has 1 aromatic rings. The smallest absolute Gasteiger partial charge is 0.255 e. The first-order valence-electron chi connectivity index (χ1n) is 6.11. The van der Waals surface area contributed by atoms with Gasteiger partial charge in [-0.15, -0.1) is 0 Å². The number of hydrogen-bond acceptors (Lipinski definition) is 4. The highest BCUT2D eigenvalue weighted by molar-refractivity contribution is 5.93. The molecular formula is C12H18N4O2. The highest BCUT2D eigenvalue weighted by Crippen LogP contribution is 2.06. The minimum Gasteiger partial charge on any atom is -0.336 e. The van der Waals surface area contributed by atoms with Crippen molar-refractivity contribution in [3.63, 3.8) is 0 Å². The van der Waals surface area contributed by atoms with Gasteiger partial charge in [0.2, 0.25) is 5.56 Å². The van der Waals surface area contributed by atoms with Crippen LogP contribution >= 0.6 is 0 Å². The van der Waals surface area contributed by atoms with E-state index in [4.69, 9.17) is 5.73 Å². The quantitative estimate of drug-likeness (QED) is 0.727. The molecule has 1 aliphatic heterocycles. The number of pyridine rings is 1. The molecule has 0 aliphatic carbocycles. The lowest BCUT2D eigenvalue weighted by Crippen LogP contribution is -2.49. The van der Waals surface area contributed by atoms with E-state index in [-0.39, 0.29) is 11.5 Å². The van der Waals surface area contributed by atoms with Crippen molar-refractivity contribution in [3.8, 4) is 0 Å². The molecule has 0 unspecified atom stereocenters. The van der Waals surface area contributed by atoms with Crippen LogP contribution in [0.3, 0.4) is 0 Å². The molecule has 0 saturated carbocycles. The fraction of sp³-hybridized carbons (Fsp3) is 0.500. The van der Waals surface area contributed by atoms with Gasteiger partial charge in [0.05, 0.1) is 5.56 Å². The molecule has 0 bridgehead atoms. The second kappa shape index (κ2) is 5.79. The van der Waals surface area contributed by atoms with Crippen LogP contribution in [0.5, 0.6) is 0 Å². The summed E-state index contributed by atoms with van der Waals surface area (Å²) in [6, 6.07) is 2.94. The van der Waals surface area contributed by atoms with Crippen molar-refractivity contribution in [1.29, 1.82) is 0 Å². The van der Waals surface area contributed by atoms with Gasteiger partial charge in [-0.3, -0.25) is 14.5 Å². The Hall–Kier alpha value is -1.66. The van der Waals surface area contributed by atoms with E-state index in [9.17, 15) is 9.59 Å². The Morgan fingerprint density at radius 2 is 2.00 bits per heavy atom. The van der Waals surface area contributed by atoms with Gasteiger partial charge < -0.3 is 15.6 Å². The normalized spacial score (nSPS) is 16.8. The third-order valence-corrected chi connectivity index (χ3v) is 3.14. The van der Waals surface area contributed by atoms with Gasteiger partial charge >= 0.3 is 0 Å². The van der Waals surface area contributed by atoms with Gasteiger partial charge in [0.25, 0.3) is 5.91 Å². The molecule has 0 radical (unpaired) electrons. The third-order valence-electron chi connectivity index (χ3n) is 3.14. The van der Waals surface area contributed by atoms with Crippen molar-refractivity contribution < 1.29 is 4.79 Å². The van der Waals surface area contributed by atoms with E-state index in [1.165, 1.54) is 12.3 Å². The Morgan fingerprint density at radius 1 is 1.28 bits per heavy atom. The van der Waals surface area contributed by atoms with Crippen molar-refractivity contribution in [2.24, 2.45) is 5.73 Å². The summed E-state index contributed by atoms with van der Waals surface area (Å²) in [6.45, 7) is 4.64. The Morgan fingerprint density at radius 3 is 2.56 bits per heavy atom. The van der Waals surface area contributed by atoms with E-state index in [0.29, 0.717) is 25.2 Å². The Balaban J connectivity index is 1.95. The molecule has 3 N–H and O–H groups in total. The molecule has 6 heteroatoms. The zero-order valence-corrected chi connectivity index (χ0v) is 10.3. The maximum absolute atomic E-state index is 12.1. The van der Waals surface area contributed by atoms with Crippen LogP contribution in [0.1, 0.15) is 10.4 Å². The second-order valence-electron chi connectivity index (χ2n) is 4.36. The fourth-order valence-corrected chi connectivity index (χ4v) is 2.08. The number of nitrogens with zero attached hydrogens (tertiary/aromatic N) is 2. The number of nitrogens with one attached hydrogen (secondary N) is 1. The SMILES string of the molecule is NCCN1CCN(C(=O)c2ccc(=O)[nH]c2)CC1. The number of nitrogens with two attached hydrogens (primary N) is 1. The molecule has 1 aliphatic rings. The van der Waals surface area contributed by atoms with Gasteiger partial charge in [-0.05, 0) is 6.07 Å². The molecule has 1 fully saturated rings. The summed E-state index contributed by atoms with van der Waals surface area (Å²) in [5.74, 6) is -0.0290. The number of hydrogen-bond donors (Lipinski definition) is 2. The molecule has 0 atom stereocenters. The number of amides is 1. The Bertz CT molecular complexity index is 443. The van der Waals surface area contributed by atoms with Crippen LogP contribution in [0.15, 0.2) is 23.1 Å². The van der Waals surface area contributed by atoms with Crippen molar-refractivity contribution in [2.45, 2.75) is 0 Å². The Labute approximate surface area is 105 Å².